The third kappa shape index (κ3) is 2.24. The summed E-state index contributed by atoms with van der Waals surface area (Å²) in [4.78, 5) is 0. The normalized spacial score (nSPS) is 51.8. The Bertz CT molecular complexity index is 542. The van der Waals surface area contributed by atoms with Crippen molar-refractivity contribution in [3.8, 4) is 0 Å². The van der Waals surface area contributed by atoms with E-state index in [1.54, 1.807) is 0 Å². The van der Waals surface area contributed by atoms with Gasteiger partial charge in [0.1, 0.15) is 0 Å². The first-order valence-corrected chi connectivity index (χ1v) is 10.7. The van der Waals surface area contributed by atoms with Crippen molar-refractivity contribution in [2.45, 2.75) is 79.1 Å². The molecule has 0 saturated heterocycles. The Kier molecular flexibility index (Phi) is 4.05. The fraction of sp³-hybridized carbons (Fsp3) is 0.833. The molecule has 0 nitrogen and oxygen atoms in total. The van der Waals surface area contributed by atoms with Crippen molar-refractivity contribution in [3.05, 3.63) is 24.3 Å². The molecule has 0 radical (unpaired) electrons. The van der Waals surface area contributed by atoms with Gasteiger partial charge in [-0.3, -0.25) is 0 Å². The minimum Gasteiger partial charge on any atom is -0.103 e. The van der Waals surface area contributed by atoms with Crippen LogP contribution in [0.4, 0.5) is 0 Å². The molecule has 134 valence electrons. The van der Waals surface area contributed by atoms with E-state index in [4.69, 9.17) is 0 Å². The van der Waals surface area contributed by atoms with Gasteiger partial charge < -0.3 is 0 Å². The van der Waals surface area contributed by atoms with Gasteiger partial charge in [0.05, 0.1) is 0 Å². The quantitative estimate of drug-likeness (QED) is 0.478. The van der Waals surface area contributed by atoms with Crippen LogP contribution in [0.3, 0.4) is 0 Å². The predicted molar refractivity (Wildman–Crippen MR) is 104 cm³/mol. The van der Waals surface area contributed by atoms with Crippen molar-refractivity contribution < 1.29 is 0 Å². The second kappa shape index (κ2) is 5.75. The molecule has 3 saturated carbocycles. The van der Waals surface area contributed by atoms with Gasteiger partial charge >= 0.3 is 0 Å². The lowest BCUT2D eigenvalue weighted by Gasteiger charge is -2.58. The number of hydrogen-bond donors (Lipinski definition) is 0. The molecule has 4 aliphatic rings. The van der Waals surface area contributed by atoms with Crippen LogP contribution in [0.25, 0.3) is 0 Å². The van der Waals surface area contributed by atoms with Crippen molar-refractivity contribution in [3.63, 3.8) is 0 Å². The molecule has 4 rings (SSSR count). The van der Waals surface area contributed by atoms with E-state index in [2.05, 4.69) is 46.4 Å². The molecule has 0 amide bonds. The molecule has 0 aromatic rings. The summed E-state index contributed by atoms with van der Waals surface area (Å²) in [5.41, 5.74) is 2.97. The van der Waals surface area contributed by atoms with Crippen LogP contribution in [0.2, 0.25) is 0 Å². The zero-order chi connectivity index (χ0) is 17.1. The van der Waals surface area contributed by atoms with Crippen molar-refractivity contribution in [1.82, 2.24) is 0 Å². The number of allylic oxidation sites excluding steroid dienone is 3. The van der Waals surface area contributed by atoms with Crippen LogP contribution in [-0.2, 0) is 0 Å². The monoisotopic (exact) mass is 326 g/mol. The van der Waals surface area contributed by atoms with Gasteiger partial charge in [-0.2, -0.15) is 0 Å². The van der Waals surface area contributed by atoms with E-state index < -0.39 is 0 Å². The van der Waals surface area contributed by atoms with Gasteiger partial charge in [0.2, 0.25) is 0 Å². The molecule has 8 atom stereocenters. The maximum atomic E-state index is 4.12. The fourth-order valence-corrected chi connectivity index (χ4v) is 7.91. The average Bonchev–Trinajstić information content (AvgIpc) is 2.92. The number of hydrogen-bond acceptors (Lipinski definition) is 0. The van der Waals surface area contributed by atoms with Crippen molar-refractivity contribution >= 4 is 0 Å². The molecule has 24 heavy (non-hydrogen) atoms. The van der Waals surface area contributed by atoms with Crippen molar-refractivity contribution in [1.29, 1.82) is 0 Å². The Hall–Kier alpha value is -0.520. The maximum absolute atomic E-state index is 4.12. The molecule has 0 aliphatic heterocycles. The summed E-state index contributed by atoms with van der Waals surface area (Å²) in [7, 11) is 0. The van der Waals surface area contributed by atoms with Crippen molar-refractivity contribution in [2.24, 2.45) is 46.3 Å². The first kappa shape index (κ1) is 16.9. The second-order valence-corrected chi connectivity index (χ2v) is 10.4. The Morgan fingerprint density at radius 1 is 1.12 bits per heavy atom. The van der Waals surface area contributed by atoms with E-state index in [-0.39, 0.29) is 0 Å². The highest BCUT2D eigenvalue weighted by molar-refractivity contribution is 5.25. The number of fused-ring (bicyclic) bond motifs is 5. The van der Waals surface area contributed by atoms with Crippen LogP contribution < -0.4 is 0 Å². The third-order valence-electron chi connectivity index (χ3n) is 9.43. The second-order valence-electron chi connectivity index (χ2n) is 10.4. The molecular formula is C24H38. The lowest BCUT2D eigenvalue weighted by Crippen LogP contribution is -2.50. The van der Waals surface area contributed by atoms with Crippen molar-refractivity contribution in [2.75, 3.05) is 0 Å². The zero-order valence-electron chi connectivity index (χ0n) is 16.5. The van der Waals surface area contributed by atoms with Gasteiger partial charge in [0, 0.05) is 0 Å². The van der Waals surface area contributed by atoms with Crippen LogP contribution >= 0.6 is 0 Å². The van der Waals surface area contributed by atoms with Crippen LogP contribution in [0.15, 0.2) is 24.3 Å². The average molecular weight is 327 g/mol. The molecular weight excluding hydrogens is 288 g/mol. The summed E-state index contributed by atoms with van der Waals surface area (Å²) < 4.78 is 0. The smallest absolute Gasteiger partial charge is 0.00851 e. The molecule has 2 unspecified atom stereocenters. The van der Waals surface area contributed by atoms with E-state index in [1.807, 2.05) is 5.57 Å². The van der Waals surface area contributed by atoms with Gasteiger partial charge in [-0.25, -0.2) is 0 Å². The highest BCUT2D eigenvalue weighted by atomic mass is 14.6. The summed E-state index contributed by atoms with van der Waals surface area (Å²) in [6.07, 6.45) is 16.5. The predicted octanol–water partition coefficient (Wildman–Crippen LogP) is 7.02. The molecule has 3 fully saturated rings. The molecule has 0 spiro atoms. The third-order valence-corrected chi connectivity index (χ3v) is 9.43. The van der Waals surface area contributed by atoms with E-state index in [1.165, 1.54) is 51.4 Å². The summed E-state index contributed by atoms with van der Waals surface area (Å²) >= 11 is 0. The van der Waals surface area contributed by atoms with Crippen LogP contribution in [-0.4, -0.2) is 0 Å². The first-order chi connectivity index (χ1) is 11.4. The Morgan fingerprint density at radius 2 is 1.92 bits per heavy atom. The summed E-state index contributed by atoms with van der Waals surface area (Å²) in [5.74, 6) is 5.40. The lowest BCUT2D eigenvalue weighted by molar-refractivity contribution is -0.0486. The summed E-state index contributed by atoms with van der Waals surface area (Å²) in [6.45, 7) is 14.3. The molecule has 4 aliphatic carbocycles. The minimum atomic E-state index is 0.541. The largest absolute Gasteiger partial charge is 0.103 e. The van der Waals surface area contributed by atoms with Gasteiger partial charge in [-0.05, 0) is 97.7 Å². The Morgan fingerprint density at radius 3 is 2.67 bits per heavy atom. The number of rotatable bonds is 2. The van der Waals surface area contributed by atoms with E-state index in [0.717, 1.165) is 29.6 Å². The molecule has 0 N–H and O–H groups in total. The van der Waals surface area contributed by atoms with Crippen LogP contribution in [0, 0.1) is 46.3 Å². The van der Waals surface area contributed by atoms with Crippen LogP contribution in [0.1, 0.15) is 79.1 Å². The van der Waals surface area contributed by atoms with Gasteiger partial charge in [-0.15, -0.1) is 6.58 Å². The van der Waals surface area contributed by atoms with Gasteiger partial charge in [0.15, 0.2) is 0 Å². The minimum absolute atomic E-state index is 0.541. The van der Waals surface area contributed by atoms with E-state index in [9.17, 15) is 0 Å². The van der Waals surface area contributed by atoms with E-state index >= 15 is 0 Å². The van der Waals surface area contributed by atoms with E-state index in [0.29, 0.717) is 16.7 Å². The molecule has 0 bridgehead atoms. The van der Waals surface area contributed by atoms with Gasteiger partial charge in [-0.1, -0.05) is 45.4 Å². The Balaban J connectivity index is 1.64. The summed E-state index contributed by atoms with van der Waals surface area (Å²) in [5, 5.41) is 0. The highest BCUT2D eigenvalue weighted by Gasteiger charge is 2.58. The molecule has 0 aromatic carbocycles. The highest BCUT2D eigenvalue weighted by Crippen LogP contribution is 2.67. The SMILES string of the molecule is C=CC(C)[C@H]1CC[C@H]2[C@@H]3CC=C4CC(C)CC[C@]4(C)[C@H]3CC[C@]12C. The maximum Gasteiger partial charge on any atom is -0.00851 e. The summed E-state index contributed by atoms with van der Waals surface area (Å²) in [6, 6.07) is 0. The Labute approximate surface area is 150 Å². The van der Waals surface area contributed by atoms with Gasteiger partial charge in [0.25, 0.3) is 0 Å². The fourth-order valence-electron chi connectivity index (χ4n) is 7.91. The zero-order valence-corrected chi connectivity index (χ0v) is 16.5. The molecule has 0 heteroatoms. The molecule has 0 aromatic heterocycles. The first-order valence-electron chi connectivity index (χ1n) is 10.7. The molecule has 0 heterocycles. The lowest BCUT2D eigenvalue weighted by atomic mass is 9.46. The standard InChI is InChI=1S/C24H38/c1-6-17(3)20-9-10-21-19-8-7-18-15-16(2)11-13-23(18,4)22(19)12-14-24(20,21)5/h6-7,16-17,19-22H,1,8-15H2,2-5H3/t16?,17?,19-,20+,21-,22-,23-,24+/m0/s1. The topological polar surface area (TPSA) is 0 Å². The van der Waals surface area contributed by atoms with Crippen LogP contribution in [0.5, 0.6) is 0 Å².